The second-order valence-corrected chi connectivity index (χ2v) is 5.67. The third kappa shape index (κ3) is 4.94. The van der Waals surface area contributed by atoms with Gasteiger partial charge in [-0.15, -0.1) is 0 Å². The fourth-order valence-corrected chi connectivity index (χ4v) is 2.09. The van der Waals surface area contributed by atoms with E-state index in [4.69, 9.17) is 4.74 Å². The molecular formula is C13H26N2O2. The lowest BCUT2D eigenvalue weighted by atomic mass is 10.1. The number of nitrogens with zero attached hydrogens (tertiary/aromatic N) is 1. The molecular weight excluding hydrogens is 216 g/mol. The first kappa shape index (κ1) is 14.3. The lowest BCUT2D eigenvalue weighted by Crippen LogP contribution is -2.45. The number of ether oxygens (including phenoxy) is 1. The molecule has 0 bridgehead atoms. The predicted octanol–water partition coefficient (Wildman–Crippen LogP) is 2.39. The van der Waals surface area contributed by atoms with Gasteiger partial charge in [-0.25, -0.2) is 4.79 Å². The molecule has 1 aliphatic rings. The largest absolute Gasteiger partial charge is 0.444 e. The van der Waals surface area contributed by atoms with Gasteiger partial charge in [-0.2, -0.15) is 0 Å². The van der Waals surface area contributed by atoms with E-state index in [9.17, 15) is 4.79 Å². The molecule has 1 aliphatic heterocycles. The van der Waals surface area contributed by atoms with Crippen LogP contribution in [0.25, 0.3) is 0 Å². The zero-order valence-corrected chi connectivity index (χ0v) is 11.6. The Hall–Kier alpha value is -0.770. The Labute approximate surface area is 105 Å². The number of carbonyl (C=O) groups excluding carboxylic acids is 1. The molecule has 1 rings (SSSR count). The van der Waals surface area contributed by atoms with Gasteiger partial charge in [0.15, 0.2) is 0 Å². The molecule has 1 N–H and O–H groups in total. The van der Waals surface area contributed by atoms with Crippen molar-refractivity contribution in [1.82, 2.24) is 10.2 Å². The molecule has 100 valence electrons. The van der Waals surface area contributed by atoms with Crippen LogP contribution in [-0.4, -0.2) is 42.3 Å². The van der Waals surface area contributed by atoms with E-state index in [1.165, 1.54) is 0 Å². The molecule has 0 aromatic heterocycles. The second-order valence-electron chi connectivity index (χ2n) is 5.67. The topological polar surface area (TPSA) is 41.6 Å². The summed E-state index contributed by atoms with van der Waals surface area (Å²) in [7, 11) is 0. The molecule has 1 amide bonds. The van der Waals surface area contributed by atoms with Crippen LogP contribution in [0.1, 0.15) is 47.0 Å². The molecule has 0 aromatic rings. The van der Waals surface area contributed by atoms with Crippen molar-refractivity contribution >= 4 is 6.09 Å². The highest BCUT2D eigenvalue weighted by Crippen LogP contribution is 2.16. The molecule has 0 saturated carbocycles. The Morgan fingerprint density at radius 2 is 2.18 bits per heavy atom. The summed E-state index contributed by atoms with van der Waals surface area (Å²) in [5, 5.41) is 3.38. The van der Waals surface area contributed by atoms with E-state index in [2.05, 4.69) is 12.2 Å². The maximum absolute atomic E-state index is 12.1. The van der Waals surface area contributed by atoms with E-state index >= 15 is 0 Å². The zero-order valence-electron chi connectivity index (χ0n) is 11.6. The van der Waals surface area contributed by atoms with E-state index in [0.29, 0.717) is 0 Å². The van der Waals surface area contributed by atoms with E-state index < -0.39 is 5.60 Å². The lowest BCUT2D eigenvalue weighted by molar-refractivity contribution is 0.0169. The van der Waals surface area contributed by atoms with Crippen LogP contribution in [-0.2, 0) is 4.74 Å². The molecule has 0 radical (unpaired) electrons. The molecule has 1 saturated heterocycles. The first-order valence-electron chi connectivity index (χ1n) is 6.64. The molecule has 4 heteroatoms. The van der Waals surface area contributed by atoms with Gasteiger partial charge in [0.05, 0.1) is 0 Å². The highest BCUT2D eigenvalue weighted by molar-refractivity contribution is 5.68. The van der Waals surface area contributed by atoms with E-state index in [1.807, 2.05) is 25.7 Å². The summed E-state index contributed by atoms with van der Waals surface area (Å²) in [4.78, 5) is 14.0. The standard InChI is InChI=1S/C13H26N2O2/c1-5-7-11-10-14-8-6-9-15(11)12(16)17-13(2,3)4/h11,14H,5-10H2,1-4H3. The molecule has 4 nitrogen and oxygen atoms in total. The fourth-order valence-electron chi connectivity index (χ4n) is 2.09. The van der Waals surface area contributed by atoms with Crippen LogP contribution >= 0.6 is 0 Å². The monoisotopic (exact) mass is 242 g/mol. The van der Waals surface area contributed by atoms with Crippen molar-refractivity contribution in [3.63, 3.8) is 0 Å². The highest BCUT2D eigenvalue weighted by atomic mass is 16.6. The average Bonchev–Trinajstić information content (AvgIpc) is 2.41. The summed E-state index contributed by atoms with van der Waals surface area (Å²) < 4.78 is 5.47. The zero-order chi connectivity index (χ0) is 12.9. The van der Waals surface area contributed by atoms with E-state index in [1.54, 1.807) is 0 Å². The van der Waals surface area contributed by atoms with Crippen LogP contribution in [0.3, 0.4) is 0 Å². The Morgan fingerprint density at radius 3 is 2.76 bits per heavy atom. The highest BCUT2D eigenvalue weighted by Gasteiger charge is 2.28. The van der Waals surface area contributed by atoms with Crippen molar-refractivity contribution in [2.75, 3.05) is 19.6 Å². The van der Waals surface area contributed by atoms with Gasteiger partial charge >= 0.3 is 6.09 Å². The van der Waals surface area contributed by atoms with Gasteiger partial charge in [0.2, 0.25) is 0 Å². The second kappa shape index (κ2) is 6.24. The fraction of sp³-hybridized carbons (Fsp3) is 0.923. The summed E-state index contributed by atoms with van der Waals surface area (Å²) in [5.74, 6) is 0. The van der Waals surface area contributed by atoms with Crippen LogP contribution in [0.15, 0.2) is 0 Å². The van der Waals surface area contributed by atoms with E-state index in [-0.39, 0.29) is 12.1 Å². The number of carbonyl (C=O) groups is 1. The average molecular weight is 242 g/mol. The predicted molar refractivity (Wildman–Crippen MR) is 69.1 cm³/mol. The minimum Gasteiger partial charge on any atom is -0.444 e. The van der Waals surface area contributed by atoms with Gasteiger partial charge in [0.1, 0.15) is 5.60 Å². The van der Waals surface area contributed by atoms with Crippen LogP contribution in [0.5, 0.6) is 0 Å². The van der Waals surface area contributed by atoms with Crippen molar-refractivity contribution in [3.8, 4) is 0 Å². The van der Waals surface area contributed by atoms with Gasteiger partial charge in [-0.05, 0) is 40.2 Å². The molecule has 0 aliphatic carbocycles. The number of nitrogens with one attached hydrogen (secondary N) is 1. The smallest absolute Gasteiger partial charge is 0.410 e. The molecule has 1 fully saturated rings. The quantitative estimate of drug-likeness (QED) is 0.808. The van der Waals surface area contributed by atoms with Crippen LogP contribution in [0.2, 0.25) is 0 Å². The van der Waals surface area contributed by atoms with Crippen LogP contribution in [0, 0.1) is 0 Å². The number of amides is 1. The Balaban J connectivity index is 2.64. The molecule has 0 spiro atoms. The van der Waals surface area contributed by atoms with Crippen molar-refractivity contribution in [3.05, 3.63) is 0 Å². The number of hydrogen-bond donors (Lipinski definition) is 1. The van der Waals surface area contributed by atoms with E-state index in [0.717, 1.165) is 38.9 Å². The van der Waals surface area contributed by atoms with Crippen LogP contribution < -0.4 is 5.32 Å². The SMILES string of the molecule is CCCC1CNCCCN1C(=O)OC(C)(C)C. The molecule has 1 atom stereocenters. The minimum atomic E-state index is -0.409. The lowest BCUT2D eigenvalue weighted by Gasteiger charge is -2.32. The third-order valence-corrected chi connectivity index (χ3v) is 2.82. The van der Waals surface area contributed by atoms with Gasteiger partial charge in [0.25, 0.3) is 0 Å². The van der Waals surface area contributed by atoms with Crippen molar-refractivity contribution in [1.29, 1.82) is 0 Å². The Morgan fingerprint density at radius 1 is 1.47 bits per heavy atom. The van der Waals surface area contributed by atoms with Gasteiger partial charge < -0.3 is 15.0 Å². The van der Waals surface area contributed by atoms with Crippen LogP contribution in [0.4, 0.5) is 4.79 Å². The van der Waals surface area contributed by atoms with Gasteiger partial charge in [-0.3, -0.25) is 0 Å². The first-order valence-corrected chi connectivity index (χ1v) is 6.64. The summed E-state index contributed by atoms with van der Waals surface area (Å²) in [6.07, 6.45) is 2.96. The Bertz CT molecular complexity index is 248. The van der Waals surface area contributed by atoms with Crippen molar-refractivity contribution < 1.29 is 9.53 Å². The van der Waals surface area contributed by atoms with Crippen molar-refractivity contribution in [2.24, 2.45) is 0 Å². The number of hydrogen-bond acceptors (Lipinski definition) is 3. The molecule has 0 aromatic carbocycles. The van der Waals surface area contributed by atoms with Gasteiger partial charge in [0, 0.05) is 19.1 Å². The molecule has 1 unspecified atom stereocenters. The maximum Gasteiger partial charge on any atom is 0.410 e. The molecule has 1 heterocycles. The normalized spacial score (nSPS) is 22.1. The summed E-state index contributed by atoms with van der Waals surface area (Å²) in [6.45, 7) is 10.6. The third-order valence-electron chi connectivity index (χ3n) is 2.82. The number of rotatable bonds is 2. The Kier molecular flexibility index (Phi) is 5.25. The summed E-state index contributed by atoms with van der Waals surface area (Å²) in [6, 6.07) is 0.275. The van der Waals surface area contributed by atoms with Gasteiger partial charge in [-0.1, -0.05) is 13.3 Å². The maximum atomic E-state index is 12.1. The summed E-state index contributed by atoms with van der Waals surface area (Å²) >= 11 is 0. The van der Waals surface area contributed by atoms with Crippen molar-refractivity contribution in [2.45, 2.75) is 58.6 Å². The minimum absolute atomic E-state index is 0.167. The summed E-state index contributed by atoms with van der Waals surface area (Å²) in [5.41, 5.74) is -0.409. The molecule has 17 heavy (non-hydrogen) atoms. The first-order chi connectivity index (χ1) is 7.94.